The molecule has 20 heavy (non-hydrogen) atoms. The third-order valence-corrected chi connectivity index (χ3v) is 3.46. The normalized spacial score (nSPS) is 12.9. The summed E-state index contributed by atoms with van der Waals surface area (Å²) in [6, 6.07) is 6.22. The minimum Gasteiger partial charge on any atom is -0.338 e. The van der Waals surface area contributed by atoms with Crippen molar-refractivity contribution in [2.24, 2.45) is 11.7 Å². The van der Waals surface area contributed by atoms with Crippen molar-refractivity contribution < 1.29 is 4.52 Å². The first-order chi connectivity index (χ1) is 9.45. The standard InChI is InChI=1S/C16H23N3O/c1-10(2)7-14(17)16-18-15(19-20-16)9-13-6-5-11(3)12(4)8-13/h5-6,8,10,14H,7,9,17H2,1-4H3/t14-/m1/s1. The van der Waals surface area contributed by atoms with Crippen LogP contribution in [0.1, 0.15) is 54.7 Å². The van der Waals surface area contributed by atoms with E-state index in [9.17, 15) is 0 Å². The van der Waals surface area contributed by atoms with Gasteiger partial charge in [-0.25, -0.2) is 0 Å². The third kappa shape index (κ3) is 3.67. The molecule has 0 bridgehead atoms. The number of nitrogens with zero attached hydrogens (tertiary/aromatic N) is 2. The average molecular weight is 273 g/mol. The highest BCUT2D eigenvalue weighted by Gasteiger charge is 2.16. The second kappa shape index (κ2) is 6.18. The molecule has 0 fully saturated rings. The van der Waals surface area contributed by atoms with Gasteiger partial charge < -0.3 is 10.3 Å². The van der Waals surface area contributed by atoms with E-state index >= 15 is 0 Å². The van der Waals surface area contributed by atoms with Crippen molar-refractivity contribution in [3.8, 4) is 0 Å². The van der Waals surface area contributed by atoms with Crippen LogP contribution >= 0.6 is 0 Å². The second-order valence-corrected chi connectivity index (χ2v) is 5.88. The second-order valence-electron chi connectivity index (χ2n) is 5.88. The largest absolute Gasteiger partial charge is 0.338 e. The van der Waals surface area contributed by atoms with Crippen LogP contribution < -0.4 is 5.73 Å². The van der Waals surface area contributed by atoms with Crippen LogP contribution in [-0.2, 0) is 6.42 Å². The van der Waals surface area contributed by atoms with E-state index in [0.29, 0.717) is 24.1 Å². The third-order valence-electron chi connectivity index (χ3n) is 3.46. The Morgan fingerprint density at radius 1 is 1.20 bits per heavy atom. The summed E-state index contributed by atoms with van der Waals surface area (Å²) in [6.07, 6.45) is 1.53. The van der Waals surface area contributed by atoms with Crippen molar-refractivity contribution in [1.82, 2.24) is 10.1 Å². The number of rotatable bonds is 5. The van der Waals surface area contributed by atoms with Gasteiger partial charge in [0.05, 0.1) is 6.04 Å². The Labute approximate surface area is 120 Å². The predicted octanol–water partition coefficient (Wildman–Crippen LogP) is 3.32. The van der Waals surface area contributed by atoms with Gasteiger partial charge in [-0.2, -0.15) is 4.98 Å². The Kier molecular flexibility index (Phi) is 4.55. The summed E-state index contributed by atoms with van der Waals surface area (Å²) in [5, 5.41) is 4.03. The molecule has 1 heterocycles. The van der Waals surface area contributed by atoms with Crippen molar-refractivity contribution >= 4 is 0 Å². The number of hydrogen-bond acceptors (Lipinski definition) is 4. The maximum absolute atomic E-state index is 6.05. The fourth-order valence-corrected chi connectivity index (χ4v) is 2.19. The van der Waals surface area contributed by atoms with Gasteiger partial charge in [0.25, 0.3) is 0 Å². The summed E-state index contributed by atoms with van der Waals surface area (Å²) >= 11 is 0. The highest BCUT2D eigenvalue weighted by Crippen LogP contribution is 2.18. The van der Waals surface area contributed by atoms with E-state index < -0.39 is 0 Å². The Hall–Kier alpha value is -1.68. The molecule has 108 valence electrons. The highest BCUT2D eigenvalue weighted by atomic mass is 16.5. The van der Waals surface area contributed by atoms with Crippen LogP contribution in [0.25, 0.3) is 0 Å². The number of benzene rings is 1. The molecular formula is C16H23N3O. The highest BCUT2D eigenvalue weighted by molar-refractivity contribution is 5.31. The van der Waals surface area contributed by atoms with Crippen molar-refractivity contribution in [3.63, 3.8) is 0 Å². The molecule has 0 spiro atoms. The zero-order valence-corrected chi connectivity index (χ0v) is 12.7. The van der Waals surface area contributed by atoms with E-state index in [-0.39, 0.29) is 6.04 Å². The summed E-state index contributed by atoms with van der Waals surface area (Å²) in [6.45, 7) is 8.48. The van der Waals surface area contributed by atoms with E-state index in [1.165, 1.54) is 16.7 Å². The lowest BCUT2D eigenvalue weighted by Crippen LogP contribution is -2.13. The molecule has 4 heteroatoms. The van der Waals surface area contributed by atoms with Crippen LogP contribution in [0.3, 0.4) is 0 Å². The molecule has 0 saturated carbocycles. The van der Waals surface area contributed by atoms with Crippen molar-refractivity contribution in [2.45, 2.75) is 46.6 Å². The predicted molar refractivity (Wildman–Crippen MR) is 79.4 cm³/mol. The van der Waals surface area contributed by atoms with Gasteiger partial charge in [-0.05, 0) is 42.9 Å². The summed E-state index contributed by atoms with van der Waals surface area (Å²) in [7, 11) is 0. The summed E-state index contributed by atoms with van der Waals surface area (Å²) in [4.78, 5) is 4.41. The fourth-order valence-electron chi connectivity index (χ4n) is 2.19. The van der Waals surface area contributed by atoms with Gasteiger partial charge in [0.2, 0.25) is 5.89 Å². The minimum absolute atomic E-state index is 0.170. The molecule has 1 aromatic heterocycles. The van der Waals surface area contributed by atoms with Gasteiger partial charge in [-0.1, -0.05) is 37.2 Å². The molecule has 0 amide bonds. The van der Waals surface area contributed by atoms with Crippen LogP contribution in [0, 0.1) is 19.8 Å². The molecule has 0 aliphatic carbocycles. The van der Waals surface area contributed by atoms with E-state index in [0.717, 1.165) is 6.42 Å². The fraction of sp³-hybridized carbons (Fsp3) is 0.500. The van der Waals surface area contributed by atoms with Crippen LogP contribution in [0.15, 0.2) is 22.7 Å². The van der Waals surface area contributed by atoms with E-state index in [1.807, 2.05) is 0 Å². The minimum atomic E-state index is -0.170. The first-order valence-electron chi connectivity index (χ1n) is 7.10. The summed E-state index contributed by atoms with van der Waals surface area (Å²) in [5.41, 5.74) is 9.82. The van der Waals surface area contributed by atoms with Crippen LogP contribution in [0.4, 0.5) is 0 Å². The lowest BCUT2D eigenvalue weighted by atomic mass is 10.0. The molecular weight excluding hydrogens is 250 g/mol. The smallest absolute Gasteiger partial charge is 0.243 e. The zero-order valence-electron chi connectivity index (χ0n) is 12.7. The van der Waals surface area contributed by atoms with Crippen LogP contribution in [0.5, 0.6) is 0 Å². The van der Waals surface area contributed by atoms with E-state index in [4.69, 9.17) is 10.3 Å². The lowest BCUT2D eigenvalue weighted by Gasteiger charge is -2.08. The summed E-state index contributed by atoms with van der Waals surface area (Å²) in [5.74, 6) is 1.75. The summed E-state index contributed by atoms with van der Waals surface area (Å²) < 4.78 is 5.27. The SMILES string of the molecule is Cc1ccc(Cc2noc([C@H](N)CC(C)C)n2)cc1C. The first-order valence-corrected chi connectivity index (χ1v) is 7.10. The Morgan fingerprint density at radius 2 is 1.95 bits per heavy atom. The van der Waals surface area contributed by atoms with Crippen LogP contribution in [0.2, 0.25) is 0 Å². The van der Waals surface area contributed by atoms with Crippen molar-refractivity contribution in [3.05, 3.63) is 46.6 Å². The van der Waals surface area contributed by atoms with Gasteiger partial charge in [-0.15, -0.1) is 0 Å². The number of aromatic nitrogens is 2. The van der Waals surface area contributed by atoms with E-state index in [2.05, 4.69) is 56.0 Å². The van der Waals surface area contributed by atoms with Gasteiger partial charge in [0.1, 0.15) is 0 Å². The Morgan fingerprint density at radius 3 is 2.60 bits per heavy atom. The zero-order chi connectivity index (χ0) is 14.7. The maximum atomic E-state index is 6.05. The molecule has 1 aromatic carbocycles. The average Bonchev–Trinajstić information content (AvgIpc) is 2.82. The molecule has 2 aromatic rings. The van der Waals surface area contributed by atoms with Gasteiger partial charge in [0.15, 0.2) is 5.82 Å². The van der Waals surface area contributed by atoms with Crippen molar-refractivity contribution in [1.29, 1.82) is 0 Å². The molecule has 0 aliphatic heterocycles. The maximum Gasteiger partial charge on any atom is 0.243 e. The number of aryl methyl sites for hydroxylation is 2. The molecule has 2 N–H and O–H groups in total. The monoisotopic (exact) mass is 273 g/mol. The number of hydrogen-bond donors (Lipinski definition) is 1. The lowest BCUT2D eigenvalue weighted by molar-refractivity contribution is 0.333. The Bertz CT molecular complexity index is 575. The first kappa shape index (κ1) is 14.7. The molecule has 4 nitrogen and oxygen atoms in total. The van der Waals surface area contributed by atoms with Crippen molar-refractivity contribution in [2.75, 3.05) is 0 Å². The molecule has 0 aliphatic rings. The van der Waals surface area contributed by atoms with Gasteiger partial charge in [-0.3, -0.25) is 0 Å². The molecule has 0 saturated heterocycles. The Balaban J connectivity index is 2.07. The van der Waals surface area contributed by atoms with Crippen LogP contribution in [-0.4, -0.2) is 10.1 Å². The quantitative estimate of drug-likeness (QED) is 0.907. The molecule has 0 unspecified atom stereocenters. The van der Waals surface area contributed by atoms with Gasteiger partial charge in [0, 0.05) is 6.42 Å². The number of nitrogens with two attached hydrogens (primary N) is 1. The van der Waals surface area contributed by atoms with Gasteiger partial charge >= 0.3 is 0 Å². The van der Waals surface area contributed by atoms with E-state index in [1.54, 1.807) is 0 Å². The molecule has 2 rings (SSSR count). The topological polar surface area (TPSA) is 64.9 Å². The molecule has 1 atom stereocenters. The molecule has 0 radical (unpaired) electrons.